The Bertz CT molecular complexity index is 932. The highest BCUT2D eigenvalue weighted by Gasteiger charge is 2.25. The molecule has 1 aromatic heterocycles. The van der Waals surface area contributed by atoms with Crippen molar-refractivity contribution >= 4 is 16.7 Å². The van der Waals surface area contributed by atoms with Gasteiger partial charge in [0.1, 0.15) is 6.04 Å². The van der Waals surface area contributed by atoms with Crippen LogP contribution in [0.15, 0.2) is 48.7 Å². The number of hydrogen-bond donors (Lipinski definition) is 2. The lowest BCUT2D eigenvalue weighted by molar-refractivity contribution is -0.893. The fraction of sp³-hybridized carbons (Fsp3) is 0.318. The van der Waals surface area contributed by atoms with Crippen molar-refractivity contribution in [2.24, 2.45) is 0 Å². The molecule has 0 aliphatic carbocycles. The number of carbonyl (C=O) groups excluding carboxylic acids is 1. The van der Waals surface area contributed by atoms with Crippen LogP contribution in [0.3, 0.4) is 0 Å². The molecule has 2 aromatic carbocycles. The number of H-pyrrole nitrogens is 1. The summed E-state index contributed by atoms with van der Waals surface area (Å²) >= 11 is 0. The van der Waals surface area contributed by atoms with E-state index < -0.39 is 0 Å². The number of carbonyl (C=O) groups is 1. The van der Waals surface area contributed by atoms with Gasteiger partial charge in [0.2, 0.25) is 5.78 Å². The van der Waals surface area contributed by atoms with Gasteiger partial charge in [-0.3, -0.25) is 4.79 Å². The molecule has 0 aliphatic heterocycles. The summed E-state index contributed by atoms with van der Waals surface area (Å²) in [7, 11) is 5.34. The first-order chi connectivity index (χ1) is 13.0. The Kier molecular flexibility index (Phi) is 5.81. The first-order valence-electron chi connectivity index (χ1n) is 9.18. The number of ether oxygens (including phenoxy) is 2. The van der Waals surface area contributed by atoms with E-state index in [1.807, 2.05) is 55.6 Å². The number of ketones is 1. The van der Waals surface area contributed by atoms with Crippen LogP contribution in [-0.4, -0.2) is 44.6 Å². The third-order valence-corrected chi connectivity index (χ3v) is 5.24. The van der Waals surface area contributed by atoms with Gasteiger partial charge in [-0.2, -0.15) is 0 Å². The van der Waals surface area contributed by atoms with Crippen molar-refractivity contribution in [3.63, 3.8) is 0 Å². The Hall–Kier alpha value is -2.79. The van der Waals surface area contributed by atoms with E-state index in [1.165, 1.54) is 10.5 Å². The van der Waals surface area contributed by atoms with E-state index in [9.17, 15) is 4.79 Å². The molecule has 3 rings (SSSR count). The molecule has 1 heterocycles. The van der Waals surface area contributed by atoms with Gasteiger partial charge < -0.3 is 19.4 Å². The lowest BCUT2D eigenvalue weighted by atomic mass is 10.0. The monoisotopic (exact) mass is 367 g/mol. The van der Waals surface area contributed by atoms with Gasteiger partial charge in [-0.05, 0) is 30.7 Å². The molecule has 2 atom stereocenters. The van der Waals surface area contributed by atoms with Crippen molar-refractivity contribution in [3.8, 4) is 11.5 Å². The molecule has 0 bridgehead atoms. The lowest BCUT2D eigenvalue weighted by Gasteiger charge is -2.21. The van der Waals surface area contributed by atoms with Crippen LogP contribution in [0.5, 0.6) is 11.5 Å². The molecule has 0 saturated carbocycles. The van der Waals surface area contributed by atoms with Gasteiger partial charge in [0.05, 0.1) is 27.8 Å². The summed E-state index contributed by atoms with van der Waals surface area (Å²) in [5.74, 6) is 1.62. The average Bonchev–Trinajstić information content (AvgIpc) is 3.14. The number of benzene rings is 2. The topological polar surface area (TPSA) is 55.8 Å². The van der Waals surface area contributed by atoms with E-state index in [1.54, 1.807) is 14.2 Å². The molecule has 0 fully saturated rings. The van der Waals surface area contributed by atoms with Crippen LogP contribution in [0.1, 0.15) is 22.8 Å². The molecule has 0 aliphatic rings. The quantitative estimate of drug-likeness (QED) is 0.602. The van der Waals surface area contributed by atoms with Crippen LogP contribution in [0, 0.1) is 0 Å². The number of rotatable bonds is 8. The molecular formula is C22H27N2O3+. The standard InChI is InChI=1S/C22H26N2O3/c1-15(22(25)18-14-23-19-8-6-5-7-17(18)19)24(2)12-11-16-9-10-20(26-3)21(13-16)27-4/h5-10,13-15,23H,11-12H2,1-4H3/p+1/t15-/m0/s1. The molecule has 0 saturated heterocycles. The van der Waals surface area contributed by atoms with Gasteiger partial charge in [-0.1, -0.05) is 24.3 Å². The second-order valence-electron chi connectivity index (χ2n) is 6.87. The van der Waals surface area contributed by atoms with Crippen LogP contribution < -0.4 is 14.4 Å². The molecule has 5 heteroatoms. The number of Topliss-reactive ketones (excluding diaryl/α,β-unsaturated/α-hetero) is 1. The van der Waals surface area contributed by atoms with Gasteiger partial charge in [0.25, 0.3) is 0 Å². The molecule has 0 radical (unpaired) electrons. The van der Waals surface area contributed by atoms with Crippen LogP contribution in [0.25, 0.3) is 10.9 Å². The molecule has 0 amide bonds. The first kappa shape index (κ1) is 19.0. The number of aromatic nitrogens is 1. The van der Waals surface area contributed by atoms with E-state index in [2.05, 4.69) is 12.0 Å². The second kappa shape index (κ2) is 8.27. The van der Waals surface area contributed by atoms with Crippen molar-refractivity contribution in [1.82, 2.24) is 4.98 Å². The highest BCUT2D eigenvalue weighted by molar-refractivity contribution is 6.09. The van der Waals surface area contributed by atoms with E-state index >= 15 is 0 Å². The Morgan fingerprint density at radius 1 is 1.11 bits per heavy atom. The summed E-state index contributed by atoms with van der Waals surface area (Å²) in [4.78, 5) is 17.3. The normalized spacial score (nSPS) is 13.3. The number of fused-ring (bicyclic) bond motifs is 1. The SMILES string of the molecule is COc1ccc(CC[NH+](C)[C@@H](C)C(=O)c2c[nH]c3ccccc23)cc1OC. The minimum atomic E-state index is -0.121. The van der Waals surface area contributed by atoms with Crippen molar-refractivity contribution in [2.75, 3.05) is 27.8 Å². The van der Waals surface area contributed by atoms with Gasteiger partial charge in [-0.15, -0.1) is 0 Å². The van der Waals surface area contributed by atoms with Crippen molar-refractivity contribution in [1.29, 1.82) is 0 Å². The number of quaternary nitrogens is 1. The Morgan fingerprint density at radius 2 is 1.85 bits per heavy atom. The van der Waals surface area contributed by atoms with Gasteiger partial charge >= 0.3 is 0 Å². The summed E-state index contributed by atoms with van der Waals surface area (Å²) in [5.41, 5.74) is 2.93. The summed E-state index contributed by atoms with van der Waals surface area (Å²) in [5, 5.41) is 0.988. The second-order valence-corrected chi connectivity index (χ2v) is 6.87. The Morgan fingerprint density at radius 3 is 2.59 bits per heavy atom. The van der Waals surface area contributed by atoms with E-state index in [-0.39, 0.29) is 11.8 Å². The number of nitrogens with one attached hydrogen (secondary N) is 2. The zero-order chi connectivity index (χ0) is 19.4. The zero-order valence-electron chi connectivity index (χ0n) is 16.3. The van der Waals surface area contributed by atoms with E-state index in [0.717, 1.165) is 40.9 Å². The molecule has 3 aromatic rings. The molecule has 1 unspecified atom stereocenters. The highest BCUT2D eigenvalue weighted by Crippen LogP contribution is 2.27. The fourth-order valence-corrected chi connectivity index (χ4v) is 3.33. The smallest absolute Gasteiger partial charge is 0.221 e. The van der Waals surface area contributed by atoms with Gasteiger partial charge in [0, 0.05) is 29.1 Å². The molecule has 2 N–H and O–H groups in total. The average molecular weight is 367 g/mol. The van der Waals surface area contributed by atoms with E-state index in [4.69, 9.17) is 9.47 Å². The summed E-state index contributed by atoms with van der Waals surface area (Å²) in [6.45, 7) is 2.85. The molecule has 142 valence electrons. The van der Waals surface area contributed by atoms with Crippen molar-refractivity contribution in [3.05, 3.63) is 59.8 Å². The lowest BCUT2D eigenvalue weighted by Crippen LogP contribution is -3.13. The van der Waals surface area contributed by atoms with Gasteiger partial charge in [-0.25, -0.2) is 0 Å². The van der Waals surface area contributed by atoms with Crippen molar-refractivity contribution in [2.45, 2.75) is 19.4 Å². The minimum Gasteiger partial charge on any atom is -0.493 e. The third-order valence-electron chi connectivity index (χ3n) is 5.24. The van der Waals surface area contributed by atoms with Crippen LogP contribution in [0.2, 0.25) is 0 Å². The van der Waals surface area contributed by atoms with Crippen molar-refractivity contribution < 1.29 is 19.2 Å². The number of aromatic amines is 1. The molecule has 27 heavy (non-hydrogen) atoms. The summed E-state index contributed by atoms with van der Waals surface area (Å²) in [6.07, 6.45) is 2.68. The predicted molar refractivity (Wildman–Crippen MR) is 107 cm³/mol. The predicted octanol–water partition coefficient (Wildman–Crippen LogP) is 2.51. The number of methoxy groups -OCH3 is 2. The van der Waals surface area contributed by atoms with Crippen LogP contribution in [-0.2, 0) is 6.42 Å². The fourth-order valence-electron chi connectivity index (χ4n) is 3.33. The molecular weight excluding hydrogens is 340 g/mol. The van der Waals surface area contributed by atoms with Crippen LogP contribution >= 0.6 is 0 Å². The highest BCUT2D eigenvalue weighted by atomic mass is 16.5. The van der Waals surface area contributed by atoms with Gasteiger partial charge in [0.15, 0.2) is 11.5 Å². The number of para-hydroxylation sites is 1. The first-order valence-corrected chi connectivity index (χ1v) is 9.18. The maximum atomic E-state index is 13.0. The maximum Gasteiger partial charge on any atom is 0.221 e. The Labute approximate surface area is 159 Å². The third kappa shape index (κ3) is 3.98. The number of likely N-dealkylation sites (N-methyl/N-ethyl adjacent to an activating group) is 1. The molecule has 0 spiro atoms. The number of hydrogen-bond acceptors (Lipinski definition) is 3. The Balaban J connectivity index is 1.67. The summed E-state index contributed by atoms with van der Waals surface area (Å²) in [6, 6.07) is 13.8. The zero-order valence-corrected chi connectivity index (χ0v) is 16.3. The maximum absolute atomic E-state index is 13.0. The minimum absolute atomic E-state index is 0.121. The summed E-state index contributed by atoms with van der Waals surface area (Å²) < 4.78 is 10.7. The molecule has 5 nitrogen and oxygen atoms in total. The largest absolute Gasteiger partial charge is 0.493 e. The van der Waals surface area contributed by atoms with Crippen LogP contribution in [0.4, 0.5) is 0 Å². The van der Waals surface area contributed by atoms with E-state index in [0.29, 0.717) is 0 Å².